The summed E-state index contributed by atoms with van der Waals surface area (Å²) in [4.78, 5) is 29.2. The highest BCUT2D eigenvalue weighted by Gasteiger charge is 2.41. The Bertz CT molecular complexity index is 693. The van der Waals surface area contributed by atoms with Crippen LogP contribution < -0.4 is 0 Å². The summed E-state index contributed by atoms with van der Waals surface area (Å²) in [7, 11) is 1.70. The van der Waals surface area contributed by atoms with Gasteiger partial charge in [-0.2, -0.15) is 0 Å². The number of methoxy groups -OCH3 is 1. The van der Waals surface area contributed by atoms with Crippen LogP contribution in [-0.2, 0) is 9.53 Å². The molecule has 2 fully saturated rings. The molecular formula is C22H32N2O3. The predicted octanol–water partition coefficient (Wildman–Crippen LogP) is 3.18. The number of amides is 2. The number of hydrogen-bond donors (Lipinski definition) is 0. The molecule has 0 N–H and O–H groups in total. The molecule has 148 valence electrons. The van der Waals surface area contributed by atoms with Crippen LogP contribution in [0.4, 0.5) is 0 Å². The van der Waals surface area contributed by atoms with Gasteiger partial charge in [-0.1, -0.05) is 17.7 Å². The van der Waals surface area contributed by atoms with Crippen LogP contribution in [0.3, 0.4) is 0 Å². The molecule has 2 amide bonds. The van der Waals surface area contributed by atoms with E-state index in [1.165, 1.54) is 5.56 Å². The van der Waals surface area contributed by atoms with Crippen molar-refractivity contribution in [2.45, 2.75) is 46.0 Å². The average Bonchev–Trinajstić information content (AvgIpc) is 2.65. The largest absolute Gasteiger partial charge is 0.385 e. The Morgan fingerprint density at radius 3 is 2.59 bits per heavy atom. The summed E-state index contributed by atoms with van der Waals surface area (Å²) in [5.41, 5.74) is 3.23. The van der Waals surface area contributed by atoms with Crippen molar-refractivity contribution in [3.63, 3.8) is 0 Å². The lowest BCUT2D eigenvalue weighted by Crippen LogP contribution is -2.52. The number of hydrogen-bond acceptors (Lipinski definition) is 3. The van der Waals surface area contributed by atoms with E-state index in [9.17, 15) is 9.59 Å². The molecule has 5 heteroatoms. The molecule has 5 nitrogen and oxygen atoms in total. The van der Waals surface area contributed by atoms with Crippen molar-refractivity contribution in [3.05, 3.63) is 34.9 Å². The molecule has 2 heterocycles. The normalized spacial score (nSPS) is 19.6. The number of rotatable bonds is 5. The van der Waals surface area contributed by atoms with Crippen molar-refractivity contribution in [1.29, 1.82) is 0 Å². The standard InChI is InChI=1S/C22H32N2O3/c1-17-5-6-19(18(2)15-17)21(26)23-12-9-22(10-13-23)8-7-20(25)24(16-22)11-4-14-27-3/h5-6,15H,4,7-14,16H2,1-3H3. The first-order valence-electron chi connectivity index (χ1n) is 10.1. The van der Waals surface area contributed by atoms with Crippen molar-refractivity contribution in [3.8, 4) is 0 Å². The number of ether oxygens (including phenoxy) is 1. The first kappa shape index (κ1) is 19.9. The van der Waals surface area contributed by atoms with Gasteiger partial charge in [-0.3, -0.25) is 9.59 Å². The molecule has 3 rings (SSSR count). The molecule has 2 saturated heterocycles. The first-order valence-corrected chi connectivity index (χ1v) is 10.1. The van der Waals surface area contributed by atoms with Crippen LogP contribution in [0, 0.1) is 19.3 Å². The van der Waals surface area contributed by atoms with Gasteiger partial charge in [0.2, 0.25) is 5.91 Å². The second-order valence-corrected chi connectivity index (χ2v) is 8.27. The van der Waals surface area contributed by atoms with Gasteiger partial charge in [0.25, 0.3) is 5.91 Å². The van der Waals surface area contributed by atoms with Crippen LogP contribution in [0.2, 0.25) is 0 Å². The summed E-state index contributed by atoms with van der Waals surface area (Å²) in [5, 5.41) is 0. The van der Waals surface area contributed by atoms with Crippen LogP contribution in [0.1, 0.15) is 53.6 Å². The third-order valence-corrected chi connectivity index (χ3v) is 6.25. The fourth-order valence-corrected chi connectivity index (χ4v) is 4.52. The lowest BCUT2D eigenvalue weighted by molar-refractivity contribution is -0.139. The smallest absolute Gasteiger partial charge is 0.254 e. The molecule has 0 aliphatic carbocycles. The van der Waals surface area contributed by atoms with Gasteiger partial charge in [0, 0.05) is 51.9 Å². The van der Waals surface area contributed by atoms with E-state index in [2.05, 4.69) is 13.0 Å². The quantitative estimate of drug-likeness (QED) is 0.746. The molecule has 0 saturated carbocycles. The third kappa shape index (κ3) is 4.52. The zero-order valence-electron chi connectivity index (χ0n) is 16.9. The summed E-state index contributed by atoms with van der Waals surface area (Å²) >= 11 is 0. The highest BCUT2D eigenvalue weighted by atomic mass is 16.5. The number of benzene rings is 1. The topological polar surface area (TPSA) is 49.9 Å². The van der Waals surface area contributed by atoms with Crippen molar-refractivity contribution in [2.75, 3.05) is 39.9 Å². The molecule has 1 aromatic carbocycles. The monoisotopic (exact) mass is 372 g/mol. The van der Waals surface area contributed by atoms with Crippen molar-refractivity contribution < 1.29 is 14.3 Å². The van der Waals surface area contributed by atoms with E-state index in [1.54, 1.807) is 7.11 Å². The molecule has 2 aliphatic heterocycles. The Morgan fingerprint density at radius 1 is 1.19 bits per heavy atom. The van der Waals surface area contributed by atoms with Crippen LogP contribution in [0.15, 0.2) is 18.2 Å². The first-order chi connectivity index (χ1) is 12.9. The van der Waals surface area contributed by atoms with Crippen molar-refractivity contribution >= 4 is 11.8 Å². The molecule has 0 aromatic heterocycles. The number of likely N-dealkylation sites (tertiary alicyclic amines) is 2. The lowest BCUT2D eigenvalue weighted by atomic mass is 9.72. The molecule has 1 aromatic rings. The van der Waals surface area contributed by atoms with E-state index < -0.39 is 0 Å². The van der Waals surface area contributed by atoms with Gasteiger partial charge in [-0.25, -0.2) is 0 Å². The van der Waals surface area contributed by atoms with Crippen molar-refractivity contribution in [1.82, 2.24) is 9.80 Å². The van der Waals surface area contributed by atoms with E-state index >= 15 is 0 Å². The summed E-state index contributed by atoms with van der Waals surface area (Å²) in [5.74, 6) is 0.414. The van der Waals surface area contributed by atoms with Gasteiger partial charge in [-0.05, 0) is 56.6 Å². The van der Waals surface area contributed by atoms with Gasteiger partial charge < -0.3 is 14.5 Å². The Balaban J connectivity index is 1.60. The number of carbonyl (C=O) groups excluding carboxylic acids is 2. The minimum atomic E-state index is 0.145. The minimum absolute atomic E-state index is 0.145. The minimum Gasteiger partial charge on any atom is -0.385 e. The van der Waals surface area contributed by atoms with E-state index in [-0.39, 0.29) is 17.2 Å². The van der Waals surface area contributed by atoms with Crippen LogP contribution in [0.5, 0.6) is 0 Å². The zero-order valence-corrected chi connectivity index (χ0v) is 16.9. The molecule has 27 heavy (non-hydrogen) atoms. The van der Waals surface area contributed by atoms with Crippen LogP contribution in [-0.4, -0.2) is 61.5 Å². The van der Waals surface area contributed by atoms with E-state index in [4.69, 9.17) is 4.74 Å². The maximum Gasteiger partial charge on any atom is 0.254 e. The molecule has 0 atom stereocenters. The van der Waals surface area contributed by atoms with Gasteiger partial charge in [-0.15, -0.1) is 0 Å². The van der Waals surface area contributed by atoms with E-state index in [0.717, 1.165) is 63.0 Å². The number of aryl methyl sites for hydroxylation is 2. The SMILES string of the molecule is COCCCN1CC2(CCC1=O)CCN(C(=O)c1ccc(C)cc1C)CC2. The second kappa shape index (κ2) is 8.42. The fraction of sp³-hybridized carbons (Fsp3) is 0.636. The molecule has 1 spiro atoms. The number of nitrogens with zero attached hydrogens (tertiary/aromatic N) is 2. The second-order valence-electron chi connectivity index (χ2n) is 8.27. The maximum absolute atomic E-state index is 12.9. The Labute approximate surface area is 162 Å². The Morgan fingerprint density at radius 2 is 1.93 bits per heavy atom. The Kier molecular flexibility index (Phi) is 6.20. The predicted molar refractivity (Wildman–Crippen MR) is 106 cm³/mol. The van der Waals surface area contributed by atoms with Gasteiger partial charge >= 0.3 is 0 Å². The summed E-state index contributed by atoms with van der Waals surface area (Å²) in [6.45, 7) is 7.93. The van der Waals surface area contributed by atoms with Crippen LogP contribution in [0.25, 0.3) is 0 Å². The Hall–Kier alpha value is -1.88. The van der Waals surface area contributed by atoms with Gasteiger partial charge in [0.05, 0.1) is 0 Å². The summed E-state index contributed by atoms with van der Waals surface area (Å²) < 4.78 is 5.12. The van der Waals surface area contributed by atoms with Crippen LogP contribution >= 0.6 is 0 Å². The number of carbonyl (C=O) groups is 2. The van der Waals surface area contributed by atoms with E-state index in [0.29, 0.717) is 13.0 Å². The molecule has 0 bridgehead atoms. The highest BCUT2D eigenvalue weighted by molar-refractivity contribution is 5.95. The third-order valence-electron chi connectivity index (χ3n) is 6.25. The molecule has 0 unspecified atom stereocenters. The zero-order chi connectivity index (χ0) is 19.4. The van der Waals surface area contributed by atoms with Crippen molar-refractivity contribution in [2.24, 2.45) is 5.41 Å². The molecule has 2 aliphatic rings. The summed E-state index contributed by atoms with van der Waals surface area (Å²) in [6.07, 6.45) is 4.45. The lowest BCUT2D eigenvalue weighted by Gasteiger charge is -2.47. The van der Waals surface area contributed by atoms with Gasteiger partial charge in [0.15, 0.2) is 0 Å². The molecular weight excluding hydrogens is 340 g/mol. The summed E-state index contributed by atoms with van der Waals surface area (Å²) in [6, 6.07) is 6.04. The fourth-order valence-electron chi connectivity index (χ4n) is 4.52. The highest BCUT2D eigenvalue weighted by Crippen LogP contribution is 2.40. The number of piperidine rings is 2. The van der Waals surface area contributed by atoms with Gasteiger partial charge in [0.1, 0.15) is 0 Å². The van der Waals surface area contributed by atoms with E-state index in [1.807, 2.05) is 28.9 Å². The maximum atomic E-state index is 12.9. The average molecular weight is 373 g/mol. The molecule has 0 radical (unpaired) electrons.